The molecule has 1 fully saturated rings. The van der Waals surface area contributed by atoms with Crippen LogP contribution in [0.1, 0.15) is 67.9 Å². The van der Waals surface area contributed by atoms with Crippen LogP contribution in [0.3, 0.4) is 0 Å². The second kappa shape index (κ2) is 14.4. The second-order valence-corrected chi connectivity index (χ2v) is 9.67. The van der Waals surface area contributed by atoms with Crippen LogP contribution >= 0.6 is 0 Å². The van der Waals surface area contributed by atoms with Crippen LogP contribution in [0.4, 0.5) is 8.78 Å². The van der Waals surface area contributed by atoms with Gasteiger partial charge in [0.1, 0.15) is 11.6 Å². The first-order valence-electron chi connectivity index (χ1n) is 13.2. The summed E-state index contributed by atoms with van der Waals surface area (Å²) in [7, 11) is 0. The fourth-order valence-corrected chi connectivity index (χ4v) is 4.90. The number of aryl methyl sites for hydroxylation is 1. The van der Waals surface area contributed by atoms with Crippen molar-refractivity contribution in [3.05, 3.63) is 76.4 Å². The molecule has 0 radical (unpaired) electrons. The number of likely N-dealkylation sites (tertiary alicyclic amines) is 1. The topological polar surface area (TPSA) is 59.0 Å². The van der Waals surface area contributed by atoms with E-state index in [1.807, 2.05) is 19.1 Å². The third-order valence-corrected chi connectivity index (χ3v) is 6.80. The van der Waals surface area contributed by atoms with Gasteiger partial charge in [0.2, 0.25) is 0 Å². The number of carbonyl (C=O) groups is 1. The highest BCUT2D eigenvalue weighted by molar-refractivity contribution is 5.87. The molecule has 2 aromatic carbocycles. The van der Waals surface area contributed by atoms with Crippen LogP contribution in [0.15, 0.2) is 42.5 Å². The van der Waals surface area contributed by atoms with E-state index in [1.165, 1.54) is 18.2 Å². The van der Waals surface area contributed by atoms with E-state index >= 15 is 0 Å². The molecule has 0 amide bonds. The van der Waals surface area contributed by atoms with E-state index in [2.05, 4.69) is 4.90 Å². The standard InChI is InChI=1S/C30H39F2NO4/c1-4-8-29(26-10-6-11-27(31)25(26)14-15-30(35)36-5-2)37-20-24(34)19-33-16-7-9-23(33)17-22-13-12-21(3)28(32)18-22/h6,10-15,18,23-24,29,34H,4-5,7-9,16-17,19-20H2,1-3H3/t23-,24+,29+/m0/s1. The number of esters is 1. The van der Waals surface area contributed by atoms with Crippen molar-refractivity contribution in [3.8, 4) is 0 Å². The van der Waals surface area contributed by atoms with Gasteiger partial charge in [0.25, 0.3) is 0 Å². The minimum absolute atomic E-state index is 0.102. The lowest BCUT2D eigenvalue weighted by Gasteiger charge is -2.28. The molecule has 5 nitrogen and oxygen atoms in total. The Bertz CT molecular complexity index is 1060. The summed E-state index contributed by atoms with van der Waals surface area (Å²) in [5, 5.41) is 10.8. The maximum Gasteiger partial charge on any atom is 0.330 e. The molecule has 0 unspecified atom stereocenters. The van der Waals surface area contributed by atoms with Gasteiger partial charge in [0, 0.05) is 24.2 Å². The van der Waals surface area contributed by atoms with Gasteiger partial charge >= 0.3 is 5.97 Å². The molecular weight excluding hydrogens is 476 g/mol. The Labute approximate surface area is 219 Å². The maximum atomic E-state index is 14.7. The summed E-state index contributed by atoms with van der Waals surface area (Å²) >= 11 is 0. The van der Waals surface area contributed by atoms with Crippen LogP contribution in [0.5, 0.6) is 0 Å². The van der Waals surface area contributed by atoms with Gasteiger partial charge in [-0.2, -0.15) is 0 Å². The summed E-state index contributed by atoms with van der Waals surface area (Å²) in [6.45, 7) is 7.16. The van der Waals surface area contributed by atoms with Crippen molar-refractivity contribution in [2.24, 2.45) is 0 Å². The fraction of sp³-hybridized carbons (Fsp3) is 0.500. The quantitative estimate of drug-likeness (QED) is 0.271. The Hall–Kier alpha value is -2.61. The zero-order valence-corrected chi connectivity index (χ0v) is 22.1. The number of hydrogen-bond acceptors (Lipinski definition) is 5. The zero-order valence-electron chi connectivity index (χ0n) is 22.1. The Kier molecular flexibility index (Phi) is 11.2. The van der Waals surface area contributed by atoms with Gasteiger partial charge in [0.15, 0.2) is 0 Å². The number of benzene rings is 2. The lowest BCUT2D eigenvalue weighted by atomic mass is 9.98. The average Bonchev–Trinajstić information content (AvgIpc) is 3.29. The van der Waals surface area contributed by atoms with Crippen LogP contribution in [-0.4, -0.2) is 54.4 Å². The Morgan fingerprint density at radius 2 is 2.03 bits per heavy atom. The molecule has 0 spiro atoms. The van der Waals surface area contributed by atoms with Gasteiger partial charge in [-0.05, 0) is 81.0 Å². The summed E-state index contributed by atoms with van der Waals surface area (Å²) in [6.07, 6.45) is 5.71. The molecule has 0 bridgehead atoms. The van der Waals surface area contributed by atoms with Crippen molar-refractivity contribution in [3.63, 3.8) is 0 Å². The number of carbonyl (C=O) groups excluding carboxylic acids is 1. The summed E-state index contributed by atoms with van der Waals surface area (Å²) in [4.78, 5) is 14.0. The third kappa shape index (κ3) is 8.45. The highest BCUT2D eigenvalue weighted by atomic mass is 19.1. The van der Waals surface area contributed by atoms with Gasteiger partial charge in [-0.15, -0.1) is 0 Å². The first-order valence-corrected chi connectivity index (χ1v) is 13.2. The molecule has 7 heteroatoms. The van der Waals surface area contributed by atoms with E-state index in [9.17, 15) is 18.7 Å². The van der Waals surface area contributed by atoms with E-state index in [4.69, 9.17) is 9.47 Å². The zero-order chi connectivity index (χ0) is 26.8. The molecule has 0 aromatic heterocycles. The summed E-state index contributed by atoms with van der Waals surface area (Å²) in [5.74, 6) is -1.17. The van der Waals surface area contributed by atoms with E-state index in [0.29, 0.717) is 24.1 Å². The highest BCUT2D eigenvalue weighted by Crippen LogP contribution is 2.29. The Balaban J connectivity index is 1.63. The van der Waals surface area contributed by atoms with Crippen LogP contribution < -0.4 is 0 Å². The summed E-state index contributed by atoms with van der Waals surface area (Å²) in [5.41, 5.74) is 2.52. The first-order chi connectivity index (χ1) is 17.8. The average molecular weight is 516 g/mol. The van der Waals surface area contributed by atoms with E-state index in [-0.39, 0.29) is 30.6 Å². The number of hydrogen-bond donors (Lipinski definition) is 1. The van der Waals surface area contributed by atoms with Crippen molar-refractivity contribution in [2.45, 2.75) is 71.1 Å². The number of rotatable bonds is 13. The van der Waals surface area contributed by atoms with Crippen molar-refractivity contribution in [2.75, 3.05) is 26.3 Å². The minimum Gasteiger partial charge on any atom is -0.463 e. The molecule has 3 rings (SSSR count). The predicted octanol–water partition coefficient (Wildman–Crippen LogP) is 5.78. The summed E-state index contributed by atoms with van der Waals surface area (Å²) < 4.78 is 39.7. The fourth-order valence-electron chi connectivity index (χ4n) is 4.90. The number of β-amino-alcohol motifs (C(OH)–C–C–N with tert-alkyl or cyclic N) is 1. The molecule has 1 aliphatic heterocycles. The molecule has 1 saturated heterocycles. The van der Waals surface area contributed by atoms with Crippen LogP contribution in [0.25, 0.3) is 6.08 Å². The summed E-state index contributed by atoms with van der Waals surface area (Å²) in [6, 6.07) is 10.4. The second-order valence-electron chi connectivity index (χ2n) is 9.67. The van der Waals surface area contributed by atoms with E-state index in [0.717, 1.165) is 37.8 Å². The monoisotopic (exact) mass is 515 g/mol. The Morgan fingerprint density at radius 3 is 2.76 bits per heavy atom. The molecule has 3 atom stereocenters. The molecular formula is C30H39F2NO4. The van der Waals surface area contributed by atoms with Crippen LogP contribution in [-0.2, 0) is 20.7 Å². The number of aliphatic hydroxyl groups excluding tert-OH is 1. The molecule has 0 saturated carbocycles. The van der Waals surface area contributed by atoms with Gasteiger partial charge in [-0.25, -0.2) is 13.6 Å². The van der Waals surface area contributed by atoms with Crippen LogP contribution in [0, 0.1) is 18.6 Å². The molecule has 1 N–H and O–H groups in total. The third-order valence-electron chi connectivity index (χ3n) is 6.80. The van der Waals surface area contributed by atoms with E-state index < -0.39 is 24.0 Å². The first kappa shape index (κ1) is 29.0. The number of aliphatic hydroxyl groups is 1. The van der Waals surface area contributed by atoms with Gasteiger partial charge < -0.3 is 14.6 Å². The maximum absolute atomic E-state index is 14.7. The Morgan fingerprint density at radius 1 is 1.22 bits per heavy atom. The van der Waals surface area contributed by atoms with Crippen molar-refractivity contribution >= 4 is 12.0 Å². The van der Waals surface area contributed by atoms with Crippen molar-refractivity contribution in [1.29, 1.82) is 0 Å². The van der Waals surface area contributed by atoms with Gasteiger partial charge in [-0.3, -0.25) is 4.90 Å². The van der Waals surface area contributed by atoms with Gasteiger partial charge in [0.05, 0.1) is 25.4 Å². The molecule has 0 aliphatic carbocycles. The van der Waals surface area contributed by atoms with E-state index in [1.54, 1.807) is 32.0 Å². The SMILES string of the molecule is CCC[C@@H](OC[C@H](O)CN1CCC[C@H]1Cc1ccc(C)c(F)c1)c1cccc(F)c1C=CC(=O)OCC. The van der Waals surface area contributed by atoms with Crippen molar-refractivity contribution < 1.29 is 28.2 Å². The smallest absolute Gasteiger partial charge is 0.330 e. The normalized spacial score (nSPS) is 17.8. The number of ether oxygens (including phenoxy) is 2. The highest BCUT2D eigenvalue weighted by Gasteiger charge is 2.27. The van der Waals surface area contributed by atoms with Gasteiger partial charge in [-0.1, -0.05) is 37.6 Å². The number of halogens is 2. The van der Waals surface area contributed by atoms with Crippen LogP contribution in [0.2, 0.25) is 0 Å². The molecule has 1 aliphatic rings. The molecule has 1 heterocycles. The lowest BCUT2D eigenvalue weighted by molar-refractivity contribution is -0.137. The molecule has 2 aromatic rings. The number of nitrogens with zero attached hydrogens (tertiary/aromatic N) is 1. The largest absolute Gasteiger partial charge is 0.463 e. The molecule has 202 valence electrons. The predicted molar refractivity (Wildman–Crippen MR) is 141 cm³/mol. The minimum atomic E-state index is -0.721. The lowest BCUT2D eigenvalue weighted by Crippen LogP contribution is -2.39. The molecule has 37 heavy (non-hydrogen) atoms. The van der Waals surface area contributed by atoms with Crippen molar-refractivity contribution in [1.82, 2.24) is 4.90 Å².